The second-order valence-corrected chi connectivity index (χ2v) is 6.29. The number of unbranched alkanes of at least 4 members (excludes halogenated alkanes) is 3. The van der Waals surface area contributed by atoms with Gasteiger partial charge in [0.05, 0.1) is 10.7 Å². The highest BCUT2D eigenvalue weighted by Gasteiger charge is 2.40. The van der Waals surface area contributed by atoms with Gasteiger partial charge in [0.2, 0.25) is 5.91 Å². The minimum absolute atomic E-state index is 0.170. The summed E-state index contributed by atoms with van der Waals surface area (Å²) >= 11 is 12.5. The highest BCUT2D eigenvalue weighted by atomic mass is 35.5. The molecule has 0 aromatic heterocycles. The third-order valence-electron chi connectivity index (χ3n) is 3.77. The first kappa shape index (κ1) is 17.1. The Kier molecular flexibility index (Phi) is 5.70. The summed E-state index contributed by atoms with van der Waals surface area (Å²) in [7, 11) is 0. The van der Waals surface area contributed by atoms with Crippen LogP contribution in [-0.2, 0) is 9.59 Å². The zero-order valence-electron chi connectivity index (χ0n) is 12.8. The first-order valence-corrected chi connectivity index (χ1v) is 8.29. The highest BCUT2D eigenvalue weighted by Crippen LogP contribution is 2.44. The molecule has 1 aromatic carbocycles. The molecule has 0 radical (unpaired) electrons. The van der Waals surface area contributed by atoms with E-state index in [2.05, 4.69) is 12.2 Å². The Labute approximate surface area is 140 Å². The summed E-state index contributed by atoms with van der Waals surface area (Å²) in [4.78, 5) is 25.7. The lowest BCUT2D eigenvalue weighted by Crippen LogP contribution is -2.37. The van der Waals surface area contributed by atoms with E-state index >= 15 is 0 Å². The summed E-state index contributed by atoms with van der Waals surface area (Å²) < 4.78 is 0. The van der Waals surface area contributed by atoms with Crippen molar-refractivity contribution in [2.24, 2.45) is 0 Å². The van der Waals surface area contributed by atoms with E-state index in [0.29, 0.717) is 27.8 Å². The standard InChI is InChI=1S/C16H20Cl2N2O2/c1-3-4-5-6-9-20-15-12(18)8-7-11(17)13(15)14(16(20)22)19-10(2)21/h7-8,14H,3-6,9H2,1-2H3,(H,19,21)/t14-/m0/s1. The fourth-order valence-corrected chi connectivity index (χ4v) is 3.28. The summed E-state index contributed by atoms with van der Waals surface area (Å²) in [6, 6.07) is 2.60. The largest absolute Gasteiger partial charge is 0.341 e. The van der Waals surface area contributed by atoms with E-state index in [1.54, 1.807) is 17.0 Å². The zero-order chi connectivity index (χ0) is 16.3. The number of nitrogens with zero attached hydrogens (tertiary/aromatic N) is 1. The van der Waals surface area contributed by atoms with Crippen molar-refractivity contribution in [1.82, 2.24) is 5.32 Å². The van der Waals surface area contributed by atoms with Crippen LogP contribution in [0.4, 0.5) is 5.69 Å². The second-order valence-electron chi connectivity index (χ2n) is 5.48. The number of fused-ring (bicyclic) bond motifs is 1. The number of nitrogens with one attached hydrogen (secondary N) is 1. The first-order valence-electron chi connectivity index (χ1n) is 7.53. The molecule has 1 aliphatic heterocycles. The van der Waals surface area contributed by atoms with E-state index in [9.17, 15) is 9.59 Å². The molecule has 2 amide bonds. The molecule has 0 fully saturated rings. The molecular formula is C16H20Cl2N2O2. The van der Waals surface area contributed by atoms with Crippen LogP contribution in [0.5, 0.6) is 0 Å². The van der Waals surface area contributed by atoms with Crippen LogP contribution in [0.15, 0.2) is 12.1 Å². The molecule has 0 unspecified atom stereocenters. The van der Waals surface area contributed by atoms with Crippen molar-refractivity contribution < 1.29 is 9.59 Å². The van der Waals surface area contributed by atoms with Crippen molar-refractivity contribution in [2.45, 2.75) is 45.6 Å². The van der Waals surface area contributed by atoms with Crippen LogP contribution in [-0.4, -0.2) is 18.4 Å². The number of amides is 2. The maximum absolute atomic E-state index is 12.7. The molecule has 0 saturated heterocycles. The molecule has 0 aliphatic carbocycles. The van der Waals surface area contributed by atoms with E-state index in [0.717, 1.165) is 25.7 Å². The monoisotopic (exact) mass is 342 g/mol. The number of rotatable bonds is 6. The Morgan fingerprint density at radius 3 is 2.55 bits per heavy atom. The van der Waals surface area contributed by atoms with Gasteiger partial charge in [0.1, 0.15) is 6.04 Å². The van der Waals surface area contributed by atoms with Crippen LogP contribution in [0.2, 0.25) is 10.0 Å². The number of anilines is 1. The molecule has 0 bridgehead atoms. The van der Waals surface area contributed by atoms with Crippen molar-refractivity contribution >= 4 is 40.7 Å². The molecule has 0 saturated carbocycles. The smallest absolute Gasteiger partial charge is 0.254 e. The Bertz CT molecular complexity index is 590. The SMILES string of the molecule is CCCCCCN1C(=O)[C@@H](NC(C)=O)c2c(Cl)ccc(Cl)c21. The van der Waals surface area contributed by atoms with Gasteiger partial charge in [-0.15, -0.1) is 0 Å². The molecule has 1 N–H and O–H groups in total. The van der Waals surface area contributed by atoms with Crippen LogP contribution in [0, 0.1) is 0 Å². The van der Waals surface area contributed by atoms with E-state index in [-0.39, 0.29) is 11.8 Å². The van der Waals surface area contributed by atoms with Crippen molar-refractivity contribution in [1.29, 1.82) is 0 Å². The molecule has 1 aliphatic rings. The van der Waals surface area contributed by atoms with E-state index in [1.165, 1.54) is 6.92 Å². The van der Waals surface area contributed by atoms with E-state index in [1.807, 2.05) is 0 Å². The minimum Gasteiger partial charge on any atom is -0.341 e. The van der Waals surface area contributed by atoms with Gasteiger partial charge < -0.3 is 10.2 Å². The first-order chi connectivity index (χ1) is 10.5. The van der Waals surface area contributed by atoms with Crippen molar-refractivity contribution in [3.05, 3.63) is 27.7 Å². The van der Waals surface area contributed by atoms with E-state index in [4.69, 9.17) is 23.2 Å². The summed E-state index contributed by atoms with van der Waals surface area (Å²) in [6.07, 6.45) is 4.21. The number of carbonyl (C=O) groups is 2. The van der Waals surface area contributed by atoms with Crippen molar-refractivity contribution in [2.75, 3.05) is 11.4 Å². The molecule has 22 heavy (non-hydrogen) atoms. The van der Waals surface area contributed by atoms with Gasteiger partial charge in [-0.05, 0) is 18.6 Å². The Morgan fingerprint density at radius 1 is 1.23 bits per heavy atom. The molecule has 4 nitrogen and oxygen atoms in total. The minimum atomic E-state index is -0.745. The van der Waals surface area contributed by atoms with Crippen LogP contribution >= 0.6 is 23.2 Å². The number of hydrogen-bond donors (Lipinski definition) is 1. The lowest BCUT2D eigenvalue weighted by atomic mass is 10.1. The van der Waals surface area contributed by atoms with Gasteiger partial charge in [0.15, 0.2) is 0 Å². The van der Waals surface area contributed by atoms with E-state index < -0.39 is 6.04 Å². The molecule has 2 rings (SSSR count). The second kappa shape index (κ2) is 7.34. The third-order valence-corrected chi connectivity index (χ3v) is 4.40. The fourth-order valence-electron chi connectivity index (χ4n) is 2.75. The zero-order valence-corrected chi connectivity index (χ0v) is 14.3. The maximum Gasteiger partial charge on any atom is 0.254 e. The van der Waals surface area contributed by atoms with Crippen LogP contribution in [0.3, 0.4) is 0 Å². The van der Waals surface area contributed by atoms with Crippen LogP contribution in [0.25, 0.3) is 0 Å². The molecule has 0 spiro atoms. The highest BCUT2D eigenvalue weighted by molar-refractivity contribution is 6.38. The normalized spacial score (nSPS) is 16.8. The molecule has 120 valence electrons. The number of benzene rings is 1. The molecular weight excluding hydrogens is 323 g/mol. The Morgan fingerprint density at radius 2 is 1.91 bits per heavy atom. The molecule has 1 heterocycles. The lowest BCUT2D eigenvalue weighted by Gasteiger charge is -2.19. The maximum atomic E-state index is 12.7. The number of carbonyl (C=O) groups excluding carboxylic acids is 2. The Hall–Kier alpha value is -1.26. The summed E-state index contributed by atoms with van der Waals surface area (Å²) in [6.45, 7) is 4.11. The van der Waals surface area contributed by atoms with Gasteiger partial charge in [-0.25, -0.2) is 0 Å². The average Bonchev–Trinajstić information content (AvgIpc) is 2.73. The van der Waals surface area contributed by atoms with Crippen LogP contribution in [0.1, 0.15) is 51.1 Å². The van der Waals surface area contributed by atoms with Gasteiger partial charge in [0.25, 0.3) is 5.91 Å². The number of hydrogen-bond acceptors (Lipinski definition) is 2. The van der Waals surface area contributed by atoms with Crippen LogP contribution < -0.4 is 10.2 Å². The average molecular weight is 343 g/mol. The summed E-state index contributed by atoms with van der Waals surface area (Å²) in [5, 5.41) is 3.60. The van der Waals surface area contributed by atoms with Crippen molar-refractivity contribution in [3.8, 4) is 0 Å². The molecule has 6 heteroatoms. The summed E-state index contributed by atoms with van der Waals surface area (Å²) in [5.74, 6) is -0.440. The van der Waals surface area contributed by atoms with Gasteiger partial charge in [0, 0.05) is 24.1 Å². The van der Waals surface area contributed by atoms with Crippen molar-refractivity contribution in [3.63, 3.8) is 0 Å². The topological polar surface area (TPSA) is 49.4 Å². The predicted octanol–water partition coefficient (Wildman–Crippen LogP) is 4.10. The third kappa shape index (κ3) is 3.39. The quantitative estimate of drug-likeness (QED) is 0.791. The van der Waals surface area contributed by atoms with Gasteiger partial charge >= 0.3 is 0 Å². The van der Waals surface area contributed by atoms with Gasteiger partial charge in [-0.1, -0.05) is 49.4 Å². The van der Waals surface area contributed by atoms with Gasteiger partial charge in [-0.2, -0.15) is 0 Å². The lowest BCUT2D eigenvalue weighted by molar-refractivity contribution is -0.126. The predicted molar refractivity (Wildman–Crippen MR) is 89.5 cm³/mol. The summed E-state index contributed by atoms with van der Waals surface area (Å²) in [5.41, 5.74) is 1.24. The number of halogens is 2. The molecule has 1 aromatic rings. The Balaban J connectivity index is 2.32. The molecule has 1 atom stereocenters. The fraction of sp³-hybridized carbons (Fsp3) is 0.500. The van der Waals surface area contributed by atoms with Gasteiger partial charge in [-0.3, -0.25) is 9.59 Å².